The zero-order valence-corrected chi connectivity index (χ0v) is 19.2. The Morgan fingerprint density at radius 3 is 2.76 bits per heavy atom. The van der Waals surface area contributed by atoms with Crippen LogP contribution in [0.25, 0.3) is 11.5 Å². The van der Waals surface area contributed by atoms with Gasteiger partial charge < -0.3 is 15.2 Å². The lowest BCUT2D eigenvalue weighted by Crippen LogP contribution is -2.43. The highest BCUT2D eigenvalue weighted by Crippen LogP contribution is 2.41. The second kappa shape index (κ2) is 8.09. The molecule has 1 aliphatic heterocycles. The zero-order chi connectivity index (χ0) is 24.0. The van der Waals surface area contributed by atoms with E-state index in [4.69, 9.17) is 4.52 Å². The SMILES string of the molecule is Cc1cccc(-c2nc(C(C)C)no2)c1NC(=O)CN1C(=O)NC2(CCc3ccccc32)C1=O. The maximum atomic E-state index is 13.3. The number of para-hydroxylation sites is 1. The lowest BCUT2D eigenvalue weighted by molar-refractivity contribution is -0.134. The number of urea groups is 1. The van der Waals surface area contributed by atoms with E-state index in [-0.39, 0.29) is 5.92 Å². The van der Waals surface area contributed by atoms with Gasteiger partial charge in [0.1, 0.15) is 12.1 Å². The number of imide groups is 1. The van der Waals surface area contributed by atoms with Crippen LogP contribution in [0, 0.1) is 6.92 Å². The molecule has 2 N–H and O–H groups in total. The molecule has 9 nitrogen and oxygen atoms in total. The van der Waals surface area contributed by atoms with Gasteiger partial charge in [-0.25, -0.2) is 4.79 Å². The fourth-order valence-electron chi connectivity index (χ4n) is 4.65. The second-order valence-electron chi connectivity index (χ2n) is 9.04. The van der Waals surface area contributed by atoms with Crippen LogP contribution < -0.4 is 10.6 Å². The summed E-state index contributed by atoms with van der Waals surface area (Å²) < 4.78 is 5.41. The van der Waals surface area contributed by atoms with Gasteiger partial charge in [-0.05, 0) is 42.5 Å². The highest BCUT2D eigenvalue weighted by molar-refractivity contribution is 6.11. The average Bonchev–Trinajstić information content (AvgIpc) is 3.50. The van der Waals surface area contributed by atoms with E-state index in [1.165, 1.54) is 0 Å². The van der Waals surface area contributed by atoms with Crippen LogP contribution in [0.2, 0.25) is 0 Å². The smallest absolute Gasteiger partial charge is 0.325 e. The van der Waals surface area contributed by atoms with Crippen LogP contribution in [0.3, 0.4) is 0 Å². The number of nitrogens with zero attached hydrogens (tertiary/aromatic N) is 3. The molecule has 2 heterocycles. The third-order valence-corrected chi connectivity index (χ3v) is 6.45. The molecule has 0 radical (unpaired) electrons. The van der Waals surface area contributed by atoms with Crippen molar-refractivity contribution in [3.05, 3.63) is 65.0 Å². The summed E-state index contributed by atoms with van der Waals surface area (Å²) in [5.41, 5.74) is 2.60. The monoisotopic (exact) mass is 459 g/mol. The average molecular weight is 460 g/mol. The molecule has 1 fully saturated rings. The first kappa shape index (κ1) is 21.8. The normalized spacial score (nSPS) is 19.1. The van der Waals surface area contributed by atoms with Gasteiger partial charge in [0.05, 0.1) is 11.3 Å². The molecule has 1 atom stereocenters. The lowest BCUT2D eigenvalue weighted by Gasteiger charge is -2.22. The fourth-order valence-corrected chi connectivity index (χ4v) is 4.65. The van der Waals surface area contributed by atoms with Crippen LogP contribution in [-0.4, -0.2) is 39.4 Å². The molecule has 1 aliphatic carbocycles. The number of aromatic nitrogens is 2. The first-order valence-electron chi connectivity index (χ1n) is 11.3. The molecule has 4 amide bonds. The molecule has 9 heteroatoms. The summed E-state index contributed by atoms with van der Waals surface area (Å²) in [6.07, 6.45) is 1.17. The van der Waals surface area contributed by atoms with Gasteiger partial charge in [-0.2, -0.15) is 4.98 Å². The third-order valence-electron chi connectivity index (χ3n) is 6.45. The second-order valence-corrected chi connectivity index (χ2v) is 9.04. The van der Waals surface area contributed by atoms with E-state index in [0.29, 0.717) is 35.8 Å². The quantitative estimate of drug-likeness (QED) is 0.564. The van der Waals surface area contributed by atoms with Crippen molar-refractivity contribution < 1.29 is 18.9 Å². The summed E-state index contributed by atoms with van der Waals surface area (Å²) in [5.74, 6) is 0.0506. The Hall–Kier alpha value is -4.01. The number of anilines is 1. The van der Waals surface area contributed by atoms with Crippen LogP contribution >= 0.6 is 0 Å². The highest BCUT2D eigenvalue weighted by Gasteiger charge is 2.55. The van der Waals surface area contributed by atoms with E-state index >= 15 is 0 Å². The van der Waals surface area contributed by atoms with Crippen LogP contribution in [-0.2, 0) is 21.5 Å². The minimum absolute atomic E-state index is 0.0908. The number of fused-ring (bicyclic) bond motifs is 2. The van der Waals surface area contributed by atoms with Crippen molar-refractivity contribution in [3.63, 3.8) is 0 Å². The molecular weight excluding hydrogens is 434 g/mol. The van der Waals surface area contributed by atoms with Crippen molar-refractivity contribution in [2.75, 3.05) is 11.9 Å². The Labute approximate surface area is 196 Å². The van der Waals surface area contributed by atoms with Gasteiger partial charge in [0.25, 0.3) is 11.8 Å². The molecule has 0 saturated carbocycles. The molecule has 1 saturated heterocycles. The maximum Gasteiger partial charge on any atom is 0.325 e. The Morgan fingerprint density at radius 1 is 1.21 bits per heavy atom. The van der Waals surface area contributed by atoms with E-state index in [9.17, 15) is 14.4 Å². The van der Waals surface area contributed by atoms with Gasteiger partial charge in [-0.1, -0.05) is 55.4 Å². The van der Waals surface area contributed by atoms with E-state index in [1.807, 2.05) is 57.2 Å². The van der Waals surface area contributed by atoms with Crippen molar-refractivity contribution >= 4 is 23.5 Å². The largest absolute Gasteiger partial charge is 0.334 e. The molecular formula is C25H25N5O4. The van der Waals surface area contributed by atoms with Gasteiger partial charge in [0, 0.05) is 5.92 Å². The van der Waals surface area contributed by atoms with Gasteiger partial charge in [0.2, 0.25) is 5.91 Å². The van der Waals surface area contributed by atoms with Crippen LogP contribution in [0.5, 0.6) is 0 Å². The third kappa shape index (κ3) is 3.44. The molecule has 1 spiro atoms. The summed E-state index contributed by atoms with van der Waals surface area (Å²) in [5, 5.41) is 9.68. The Bertz CT molecular complexity index is 1310. The molecule has 1 aromatic heterocycles. The zero-order valence-electron chi connectivity index (χ0n) is 19.2. The summed E-state index contributed by atoms with van der Waals surface area (Å²) in [7, 11) is 0. The van der Waals surface area contributed by atoms with Crippen LogP contribution in [0.15, 0.2) is 47.0 Å². The van der Waals surface area contributed by atoms with E-state index < -0.39 is 29.9 Å². The van der Waals surface area contributed by atoms with E-state index in [1.54, 1.807) is 6.07 Å². The van der Waals surface area contributed by atoms with Crippen LogP contribution in [0.4, 0.5) is 10.5 Å². The number of carbonyl (C=O) groups excluding carboxylic acids is 3. The molecule has 174 valence electrons. The molecule has 5 rings (SSSR count). The van der Waals surface area contributed by atoms with Crippen molar-refractivity contribution in [1.29, 1.82) is 0 Å². The molecule has 2 aromatic carbocycles. The maximum absolute atomic E-state index is 13.3. The van der Waals surface area contributed by atoms with Crippen LogP contribution in [0.1, 0.15) is 48.7 Å². The Balaban J connectivity index is 1.37. The Morgan fingerprint density at radius 2 is 2.00 bits per heavy atom. The predicted molar refractivity (Wildman–Crippen MR) is 124 cm³/mol. The van der Waals surface area contributed by atoms with Gasteiger partial charge in [-0.3, -0.25) is 14.5 Å². The number of carbonyl (C=O) groups is 3. The van der Waals surface area contributed by atoms with Gasteiger partial charge in [0.15, 0.2) is 5.82 Å². The standard InChI is InChI=1S/C25H25N5O4/c1-14(2)21-27-22(34-29-21)17-9-6-7-15(3)20(17)26-19(31)13-30-23(32)25(28-24(30)33)12-11-16-8-4-5-10-18(16)25/h4-10,14H,11-13H2,1-3H3,(H,26,31)(H,28,33). The Kier molecular flexibility index (Phi) is 5.19. The number of hydrogen-bond acceptors (Lipinski definition) is 6. The predicted octanol–water partition coefficient (Wildman–Crippen LogP) is 3.50. The highest BCUT2D eigenvalue weighted by atomic mass is 16.5. The number of hydrogen-bond donors (Lipinski definition) is 2. The first-order chi connectivity index (χ1) is 16.3. The van der Waals surface area contributed by atoms with E-state index in [0.717, 1.165) is 21.6 Å². The summed E-state index contributed by atoms with van der Waals surface area (Å²) in [6.45, 7) is 5.36. The lowest BCUT2D eigenvalue weighted by atomic mass is 9.92. The number of amides is 4. The number of aryl methyl sites for hydroxylation is 2. The molecule has 1 unspecified atom stereocenters. The molecule has 3 aromatic rings. The number of benzene rings is 2. The van der Waals surface area contributed by atoms with Gasteiger partial charge >= 0.3 is 6.03 Å². The topological polar surface area (TPSA) is 117 Å². The first-order valence-corrected chi connectivity index (χ1v) is 11.3. The van der Waals surface area contributed by atoms with Gasteiger partial charge in [-0.15, -0.1) is 0 Å². The minimum Gasteiger partial charge on any atom is -0.334 e. The minimum atomic E-state index is -1.10. The van der Waals surface area contributed by atoms with E-state index in [2.05, 4.69) is 20.8 Å². The summed E-state index contributed by atoms with van der Waals surface area (Å²) in [4.78, 5) is 44.5. The van der Waals surface area contributed by atoms with Crippen molar-refractivity contribution in [2.45, 2.75) is 45.1 Å². The van der Waals surface area contributed by atoms with Crippen molar-refractivity contribution in [1.82, 2.24) is 20.4 Å². The summed E-state index contributed by atoms with van der Waals surface area (Å²) in [6, 6.07) is 12.5. The molecule has 34 heavy (non-hydrogen) atoms. The van der Waals surface area contributed by atoms with Crippen molar-refractivity contribution in [2.24, 2.45) is 0 Å². The number of nitrogens with one attached hydrogen (secondary N) is 2. The molecule has 2 aliphatic rings. The van der Waals surface area contributed by atoms with Crippen molar-refractivity contribution in [3.8, 4) is 11.5 Å². The molecule has 0 bridgehead atoms. The number of rotatable bonds is 5. The summed E-state index contributed by atoms with van der Waals surface area (Å²) >= 11 is 0. The fraction of sp³-hybridized carbons (Fsp3) is 0.320.